The Kier molecular flexibility index (Phi) is 4.18. The molecule has 0 spiro atoms. The number of aromatic nitrogens is 1. The fourth-order valence-electron chi connectivity index (χ4n) is 2.58. The minimum absolute atomic E-state index is 0.0288. The number of carboxylic acid groups (broad SMARTS) is 1. The SMILES string of the molecule is Cc1nc2ccccc2c(C(=O)O)c1C(=O)Nc1ccccc1Cl. The molecule has 0 atom stereocenters. The van der Waals surface area contributed by atoms with Crippen molar-refractivity contribution >= 4 is 40.1 Å². The summed E-state index contributed by atoms with van der Waals surface area (Å²) in [7, 11) is 0. The molecule has 1 heterocycles. The maximum Gasteiger partial charge on any atom is 0.337 e. The number of aromatic carboxylic acids is 1. The van der Waals surface area contributed by atoms with Crippen LogP contribution in [0.25, 0.3) is 10.9 Å². The van der Waals surface area contributed by atoms with Crippen molar-refractivity contribution in [2.45, 2.75) is 6.92 Å². The number of benzene rings is 2. The first-order valence-electron chi connectivity index (χ1n) is 7.17. The monoisotopic (exact) mass is 340 g/mol. The van der Waals surface area contributed by atoms with Gasteiger partial charge in [-0.3, -0.25) is 9.78 Å². The summed E-state index contributed by atoms with van der Waals surface area (Å²) in [6.07, 6.45) is 0. The third kappa shape index (κ3) is 2.81. The van der Waals surface area contributed by atoms with Gasteiger partial charge in [-0.1, -0.05) is 41.9 Å². The second-order valence-electron chi connectivity index (χ2n) is 5.20. The number of pyridine rings is 1. The Morgan fingerprint density at radius 2 is 1.71 bits per heavy atom. The highest BCUT2D eigenvalue weighted by Gasteiger charge is 2.24. The smallest absolute Gasteiger partial charge is 0.337 e. The van der Waals surface area contributed by atoms with Crippen LogP contribution in [0, 0.1) is 6.92 Å². The van der Waals surface area contributed by atoms with E-state index in [1.54, 1.807) is 55.5 Å². The van der Waals surface area contributed by atoms with E-state index >= 15 is 0 Å². The van der Waals surface area contributed by atoms with Crippen molar-refractivity contribution in [2.75, 3.05) is 5.32 Å². The van der Waals surface area contributed by atoms with Crippen molar-refractivity contribution < 1.29 is 14.7 Å². The summed E-state index contributed by atoms with van der Waals surface area (Å²) in [4.78, 5) is 28.8. The topological polar surface area (TPSA) is 79.3 Å². The number of halogens is 1. The number of nitrogens with one attached hydrogen (secondary N) is 1. The van der Waals surface area contributed by atoms with E-state index in [4.69, 9.17) is 11.6 Å². The van der Waals surface area contributed by atoms with Crippen LogP contribution in [0.1, 0.15) is 26.4 Å². The molecule has 0 radical (unpaired) electrons. The van der Waals surface area contributed by atoms with E-state index in [0.717, 1.165) is 0 Å². The van der Waals surface area contributed by atoms with Crippen molar-refractivity contribution in [3.63, 3.8) is 0 Å². The lowest BCUT2D eigenvalue weighted by molar-refractivity contribution is 0.0694. The van der Waals surface area contributed by atoms with Gasteiger partial charge in [0.15, 0.2) is 0 Å². The molecule has 0 saturated carbocycles. The van der Waals surface area contributed by atoms with Crippen LogP contribution in [0.3, 0.4) is 0 Å². The second kappa shape index (κ2) is 6.29. The largest absolute Gasteiger partial charge is 0.478 e. The first kappa shape index (κ1) is 16.0. The van der Waals surface area contributed by atoms with Crippen LogP contribution >= 0.6 is 11.6 Å². The molecule has 2 aromatic carbocycles. The lowest BCUT2D eigenvalue weighted by Crippen LogP contribution is -2.19. The molecule has 6 heteroatoms. The molecule has 5 nitrogen and oxygen atoms in total. The highest BCUT2D eigenvalue weighted by atomic mass is 35.5. The van der Waals surface area contributed by atoms with Crippen molar-refractivity contribution in [1.82, 2.24) is 4.98 Å². The van der Waals surface area contributed by atoms with E-state index in [1.165, 1.54) is 0 Å². The number of anilines is 1. The van der Waals surface area contributed by atoms with Crippen molar-refractivity contribution in [2.24, 2.45) is 0 Å². The highest BCUT2D eigenvalue weighted by Crippen LogP contribution is 2.26. The lowest BCUT2D eigenvalue weighted by Gasteiger charge is -2.13. The van der Waals surface area contributed by atoms with Gasteiger partial charge in [-0.05, 0) is 25.1 Å². The summed E-state index contributed by atoms with van der Waals surface area (Å²) < 4.78 is 0. The molecule has 1 amide bonds. The molecule has 2 N–H and O–H groups in total. The molecule has 0 saturated heterocycles. The highest BCUT2D eigenvalue weighted by molar-refractivity contribution is 6.34. The number of nitrogens with zero attached hydrogens (tertiary/aromatic N) is 1. The van der Waals surface area contributed by atoms with Gasteiger partial charge in [0.05, 0.1) is 33.0 Å². The summed E-state index contributed by atoms with van der Waals surface area (Å²) in [5.41, 5.74) is 1.24. The Balaban J connectivity index is 2.16. The quantitative estimate of drug-likeness (QED) is 0.750. The normalized spacial score (nSPS) is 10.6. The van der Waals surface area contributed by atoms with Gasteiger partial charge in [0.25, 0.3) is 5.91 Å². The van der Waals surface area contributed by atoms with Gasteiger partial charge >= 0.3 is 5.97 Å². The molecule has 1 aromatic heterocycles. The summed E-state index contributed by atoms with van der Waals surface area (Å²) >= 11 is 6.05. The van der Waals surface area contributed by atoms with Crippen molar-refractivity contribution in [1.29, 1.82) is 0 Å². The third-order valence-electron chi connectivity index (χ3n) is 3.64. The van der Waals surface area contributed by atoms with Gasteiger partial charge in [-0.15, -0.1) is 0 Å². The zero-order valence-electron chi connectivity index (χ0n) is 12.7. The van der Waals surface area contributed by atoms with Crippen LogP contribution in [0.5, 0.6) is 0 Å². The number of carbonyl (C=O) groups is 2. The fourth-order valence-corrected chi connectivity index (χ4v) is 2.77. The third-order valence-corrected chi connectivity index (χ3v) is 3.97. The molecule has 0 bridgehead atoms. The number of fused-ring (bicyclic) bond motifs is 1. The maximum atomic E-state index is 12.7. The average Bonchev–Trinajstić information content (AvgIpc) is 2.55. The Bertz CT molecular complexity index is 970. The van der Waals surface area contributed by atoms with Crippen molar-refractivity contribution in [3.8, 4) is 0 Å². The summed E-state index contributed by atoms with van der Waals surface area (Å²) in [5.74, 6) is -1.74. The standard InChI is InChI=1S/C18H13ClN2O3/c1-10-15(17(22)21-14-9-5-3-7-12(14)19)16(18(23)24)11-6-2-4-8-13(11)20-10/h2-9H,1H3,(H,21,22)(H,23,24). The number of carbonyl (C=O) groups excluding carboxylic acids is 1. The molecule has 0 unspecified atom stereocenters. The van der Waals surface area contributed by atoms with Crippen LogP contribution < -0.4 is 5.32 Å². The molecule has 3 aromatic rings. The summed E-state index contributed by atoms with van der Waals surface area (Å²) in [6.45, 7) is 1.61. The molecule has 24 heavy (non-hydrogen) atoms. The number of hydrogen-bond donors (Lipinski definition) is 2. The number of rotatable bonds is 3. The molecule has 0 aliphatic rings. The van der Waals surface area contributed by atoms with Crippen molar-refractivity contribution in [3.05, 3.63) is 70.4 Å². The minimum atomic E-state index is -1.18. The van der Waals surface area contributed by atoms with Gasteiger partial charge in [-0.2, -0.15) is 0 Å². The van der Waals surface area contributed by atoms with Gasteiger partial charge in [0, 0.05) is 5.39 Å². The van der Waals surface area contributed by atoms with E-state index in [2.05, 4.69) is 10.3 Å². The maximum absolute atomic E-state index is 12.7. The number of carboxylic acids is 1. The van der Waals surface area contributed by atoms with Gasteiger partial charge < -0.3 is 10.4 Å². The Morgan fingerprint density at radius 3 is 2.42 bits per heavy atom. The number of para-hydroxylation sites is 2. The van der Waals surface area contributed by atoms with Gasteiger partial charge in [0.1, 0.15) is 0 Å². The Hall–Kier alpha value is -2.92. The first-order chi connectivity index (χ1) is 11.5. The molecule has 0 aliphatic heterocycles. The molecular weight excluding hydrogens is 328 g/mol. The van der Waals surface area contributed by atoms with Crippen LogP contribution in [-0.4, -0.2) is 22.0 Å². The molecule has 0 aliphatic carbocycles. The van der Waals surface area contributed by atoms with E-state index in [9.17, 15) is 14.7 Å². The molecular formula is C18H13ClN2O3. The number of aryl methyl sites for hydroxylation is 1. The molecule has 3 rings (SSSR count). The molecule has 0 fully saturated rings. The van der Waals surface area contributed by atoms with Gasteiger partial charge in [0.2, 0.25) is 0 Å². The predicted molar refractivity (Wildman–Crippen MR) is 92.8 cm³/mol. The zero-order chi connectivity index (χ0) is 17.3. The van der Waals surface area contributed by atoms with E-state index in [1.807, 2.05) is 0 Å². The van der Waals surface area contributed by atoms with E-state index in [0.29, 0.717) is 27.3 Å². The fraction of sp³-hybridized carbons (Fsp3) is 0.0556. The summed E-state index contributed by atoms with van der Waals surface area (Å²) in [6, 6.07) is 13.6. The van der Waals surface area contributed by atoms with Crippen LogP contribution in [0.2, 0.25) is 5.02 Å². The second-order valence-corrected chi connectivity index (χ2v) is 5.61. The predicted octanol–water partition coefficient (Wildman–Crippen LogP) is 4.15. The van der Waals surface area contributed by atoms with Crippen LogP contribution in [0.15, 0.2) is 48.5 Å². The summed E-state index contributed by atoms with van der Waals surface area (Å²) in [5, 5.41) is 13.1. The number of amides is 1. The first-order valence-corrected chi connectivity index (χ1v) is 7.55. The average molecular weight is 341 g/mol. The van der Waals surface area contributed by atoms with Crippen LogP contribution in [-0.2, 0) is 0 Å². The van der Waals surface area contributed by atoms with Crippen LogP contribution in [0.4, 0.5) is 5.69 Å². The lowest BCUT2D eigenvalue weighted by atomic mass is 10.00. The Labute approximate surface area is 142 Å². The molecule has 120 valence electrons. The van der Waals surface area contributed by atoms with E-state index in [-0.39, 0.29) is 11.1 Å². The van der Waals surface area contributed by atoms with E-state index < -0.39 is 11.9 Å². The minimum Gasteiger partial charge on any atom is -0.478 e. The van der Waals surface area contributed by atoms with Gasteiger partial charge in [-0.25, -0.2) is 4.79 Å². The zero-order valence-corrected chi connectivity index (χ0v) is 13.5. The number of hydrogen-bond acceptors (Lipinski definition) is 3. The Morgan fingerprint density at radius 1 is 1.04 bits per heavy atom.